The van der Waals surface area contributed by atoms with E-state index >= 15 is 0 Å². The Morgan fingerprint density at radius 3 is 2.18 bits per heavy atom. The number of benzene rings is 2. The topological polar surface area (TPSA) is 49.9 Å². The van der Waals surface area contributed by atoms with Gasteiger partial charge in [0.05, 0.1) is 11.1 Å². The Bertz CT molecular complexity index is 1200. The lowest BCUT2D eigenvalue weighted by molar-refractivity contribution is -0.142. The van der Waals surface area contributed by atoms with Crippen molar-refractivity contribution in [2.45, 2.75) is 57.4 Å². The van der Waals surface area contributed by atoms with Gasteiger partial charge in [0.1, 0.15) is 11.5 Å². The molecule has 0 N–H and O–H groups in total. The van der Waals surface area contributed by atoms with E-state index in [0.717, 1.165) is 18.4 Å². The maximum atomic E-state index is 13.6. The third kappa shape index (κ3) is 7.12. The molecule has 0 bridgehead atoms. The summed E-state index contributed by atoms with van der Waals surface area (Å²) in [4.78, 5) is 27.6. The van der Waals surface area contributed by atoms with Crippen molar-refractivity contribution in [3.05, 3.63) is 64.7 Å². The van der Waals surface area contributed by atoms with E-state index in [-0.39, 0.29) is 37.9 Å². The van der Waals surface area contributed by atoms with Gasteiger partial charge in [-0.2, -0.15) is 26.3 Å². The van der Waals surface area contributed by atoms with Crippen LogP contribution in [0.15, 0.2) is 42.5 Å². The lowest BCUT2D eigenvalue weighted by atomic mass is 9.89. The molecule has 1 saturated heterocycles. The molecular weight excluding hydrogens is 526 g/mol. The number of piperazine rings is 1. The molecule has 212 valence electrons. The summed E-state index contributed by atoms with van der Waals surface area (Å²) in [6.45, 7) is 3.58. The van der Waals surface area contributed by atoms with Gasteiger partial charge in [-0.1, -0.05) is 12.1 Å². The molecule has 5 nitrogen and oxygen atoms in total. The number of hydrogen-bond donors (Lipinski definition) is 0. The average molecular weight is 557 g/mol. The van der Waals surface area contributed by atoms with Crippen LogP contribution in [0, 0.1) is 5.92 Å². The number of carbonyl (C=O) groups excluding carboxylic acids is 2. The van der Waals surface area contributed by atoms with Gasteiger partial charge in [0, 0.05) is 38.6 Å². The van der Waals surface area contributed by atoms with E-state index in [2.05, 4.69) is 0 Å². The largest absolute Gasteiger partial charge is 0.416 e. The summed E-state index contributed by atoms with van der Waals surface area (Å²) < 4.78 is 86.0. The predicted molar refractivity (Wildman–Crippen MR) is 131 cm³/mol. The molecule has 1 amide bonds. The van der Waals surface area contributed by atoms with Crippen molar-refractivity contribution in [2.75, 3.05) is 26.2 Å². The van der Waals surface area contributed by atoms with Crippen molar-refractivity contribution in [3.63, 3.8) is 0 Å². The molecule has 1 heterocycles. The number of alkyl halides is 6. The van der Waals surface area contributed by atoms with E-state index in [1.807, 2.05) is 6.07 Å². The van der Waals surface area contributed by atoms with E-state index in [4.69, 9.17) is 4.74 Å². The number of ether oxygens (including phenoxy) is 1. The fourth-order valence-corrected chi connectivity index (χ4v) is 5.17. The number of Topliss-reactive ketones (excluding diaryl/α,β-unsaturated/α-hetero) is 1. The summed E-state index contributed by atoms with van der Waals surface area (Å²) in [5.74, 6) is 0.934. The molecule has 11 heteroatoms. The Kier molecular flexibility index (Phi) is 8.30. The van der Waals surface area contributed by atoms with Gasteiger partial charge in [0.15, 0.2) is 0 Å². The van der Waals surface area contributed by atoms with Gasteiger partial charge in [-0.3, -0.25) is 4.90 Å². The number of carbonyl (C=O) groups is 2. The Morgan fingerprint density at radius 2 is 1.62 bits per heavy atom. The highest BCUT2D eigenvalue weighted by atomic mass is 19.4. The van der Waals surface area contributed by atoms with Gasteiger partial charge in [-0.25, -0.2) is 4.79 Å². The quantitative estimate of drug-likeness (QED) is 0.342. The van der Waals surface area contributed by atoms with Crippen LogP contribution in [0.3, 0.4) is 0 Å². The molecule has 1 unspecified atom stereocenters. The van der Waals surface area contributed by atoms with Crippen LogP contribution in [0.5, 0.6) is 5.75 Å². The van der Waals surface area contributed by atoms with Crippen LogP contribution in [-0.2, 0) is 17.1 Å². The normalized spacial score (nSPS) is 18.5. The van der Waals surface area contributed by atoms with Crippen LogP contribution in [0.1, 0.15) is 67.3 Å². The van der Waals surface area contributed by atoms with Crippen LogP contribution >= 0.6 is 0 Å². The van der Waals surface area contributed by atoms with Crippen molar-refractivity contribution in [3.8, 4) is 5.75 Å². The summed E-state index contributed by atoms with van der Waals surface area (Å²) in [7, 11) is 0. The first-order valence-corrected chi connectivity index (χ1v) is 12.8. The summed E-state index contributed by atoms with van der Waals surface area (Å²) in [6.07, 6.45) is -7.68. The van der Waals surface area contributed by atoms with Crippen molar-refractivity contribution in [1.29, 1.82) is 0 Å². The van der Waals surface area contributed by atoms with Crippen molar-refractivity contribution in [2.24, 2.45) is 5.92 Å². The molecule has 2 fully saturated rings. The predicted octanol–water partition coefficient (Wildman–Crippen LogP) is 7.07. The zero-order valence-corrected chi connectivity index (χ0v) is 21.6. The first kappa shape index (κ1) is 28.9. The molecule has 2 aromatic rings. The highest BCUT2D eigenvalue weighted by Crippen LogP contribution is 2.45. The van der Waals surface area contributed by atoms with Gasteiger partial charge in [0.2, 0.25) is 0 Å². The summed E-state index contributed by atoms with van der Waals surface area (Å²) in [5.41, 5.74) is -1.79. The van der Waals surface area contributed by atoms with E-state index in [1.165, 1.54) is 11.8 Å². The molecule has 2 atom stereocenters. The number of amides is 1. The second-order valence-corrected chi connectivity index (χ2v) is 10.3. The fourth-order valence-electron chi connectivity index (χ4n) is 5.17. The zero-order chi connectivity index (χ0) is 28.5. The van der Waals surface area contributed by atoms with Gasteiger partial charge in [-0.05, 0) is 80.0 Å². The number of hydrogen-bond acceptors (Lipinski definition) is 4. The smallest absolute Gasteiger partial charge is 0.410 e. The van der Waals surface area contributed by atoms with E-state index in [1.54, 1.807) is 30.0 Å². The maximum absolute atomic E-state index is 13.6. The standard InChI is InChI=1S/C28H30F6N2O3/c1-17(37)14-24(19-6-7-19)20-4-3-5-22(15-20)39-26(38)36-12-10-35(11-13-36)18(2)23-16-21(27(29,30)31)8-9-25(23)28(32,33)34/h3-5,8-9,15-16,18-19,24H,6-7,10-14H2,1-2H3/t18?,24-/m0/s1. The zero-order valence-electron chi connectivity index (χ0n) is 21.6. The Balaban J connectivity index is 1.41. The molecule has 1 aliphatic carbocycles. The van der Waals surface area contributed by atoms with E-state index in [9.17, 15) is 35.9 Å². The minimum atomic E-state index is -4.81. The monoisotopic (exact) mass is 556 g/mol. The summed E-state index contributed by atoms with van der Waals surface area (Å²) in [6, 6.07) is 7.59. The van der Waals surface area contributed by atoms with Crippen LogP contribution in [0.4, 0.5) is 31.1 Å². The summed E-state index contributed by atoms with van der Waals surface area (Å²) in [5, 5.41) is 0. The van der Waals surface area contributed by atoms with Crippen molar-refractivity contribution < 1.29 is 40.7 Å². The first-order chi connectivity index (χ1) is 18.2. The minimum Gasteiger partial charge on any atom is -0.410 e. The number of halogens is 6. The van der Waals surface area contributed by atoms with Crippen LogP contribution in [-0.4, -0.2) is 47.9 Å². The third-order valence-electron chi connectivity index (χ3n) is 7.44. The number of nitrogens with zero attached hydrogens (tertiary/aromatic N) is 2. The highest BCUT2D eigenvalue weighted by Gasteiger charge is 2.39. The first-order valence-electron chi connectivity index (χ1n) is 12.8. The van der Waals surface area contributed by atoms with Gasteiger partial charge >= 0.3 is 18.4 Å². The molecule has 1 aliphatic heterocycles. The molecule has 4 rings (SSSR count). The molecule has 2 aromatic carbocycles. The van der Waals surface area contributed by atoms with E-state index in [0.29, 0.717) is 36.3 Å². The van der Waals surface area contributed by atoms with Gasteiger partial charge in [0.25, 0.3) is 0 Å². The molecule has 0 spiro atoms. The maximum Gasteiger partial charge on any atom is 0.416 e. The minimum absolute atomic E-state index is 0.0728. The van der Waals surface area contributed by atoms with Crippen LogP contribution < -0.4 is 4.74 Å². The summed E-state index contributed by atoms with van der Waals surface area (Å²) >= 11 is 0. The molecular formula is C28H30F6N2O3. The van der Waals surface area contributed by atoms with Gasteiger partial charge in [-0.15, -0.1) is 0 Å². The average Bonchev–Trinajstić information content (AvgIpc) is 3.71. The molecule has 0 aromatic heterocycles. The fraction of sp³-hybridized carbons (Fsp3) is 0.500. The molecule has 2 aliphatic rings. The van der Waals surface area contributed by atoms with Crippen LogP contribution in [0.2, 0.25) is 0 Å². The Morgan fingerprint density at radius 1 is 0.949 bits per heavy atom. The highest BCUT2D eigenvalue weighted by molar-refractivity contribution is 5.76. The Labute approximate surface area is 222 Å². The second kappa shape index (κ2) is 11.2. The van der Waals surface area contributed by atoms with Gasteiger partial charge < -0.3 is 14.4 Å². The lowest BCUT2D eigenvalue weighted by Crippen LogP contribution is -2.50. The number of ketones is 1. The third-order valence-corrected chi connectivity index (χ3v) is 7.44. The Hall–Kier alpha value is -3.08. The SMILES string of the molecule is CC(=O)C[C@H](c1cccc(OC(=O)N2CCN(C(C)c3cc(C(F)(F)F)ccc3C(F)(F)F)CC2)c1)C1CC1. The number of rotatable bonds is 7. The van der Waals surface area contributed by atoms with E-state index < -0.39 is 41.2 Å². The molecule has 39 heavy (non-hydrogen) atoms. The van der Waals surface area contributed by atoms with Crippen LogP contribution in [0.25, 0.3) is 0 Å². The molecule has 0 radical (unpaired) electrons. The van der Waals surface area contributed by atoms with Crippen molar-refractivity contribution >= 4 is 11.9 Å². The lowest BCUT2D eigenvalue weighted by Gasteiger charge is -2.38. The second-order valence-electron chi connectivity index (χ2n) is 10.3. The molecule has 1 saturated carbocycles. The van der Waals surface area contributed by atoms with Crippen molar-refractivity contribution in [1.82, 2.24) is 9.80 Å².